The Hall–Kier alpha value is -0.830. The second-order valence-electron chi connectivity index (χ2n) is 4.59. The molecular formula is C14H26O3. The number of hydrogen-bond acceptors (Lipinski definition) is 3. The van der Waals surface area contributed by atoms with Crippen molar-refractivity contribution >= 4 is 5.97 Å². The fourth-order valence-electron chi connectivity index (χ4n) is 1.55. The summed E-state index contributed by atoms with van der Waals surface area (Å²) < 4.78 is 5.05. The fraction of sp³-hybridized carbons (Fsp3) is 0.786. The second kappa shape index (κ2) is 11.6. The Bertz CT molecular complexity index is 218. The van der Waals surface area contributed by atoms with Crippen LogP contribution in [0.1, 0.15) is 58.8 Å². The maximum absolute atomic E-state index is 11.1. The summed E-state index contributed by atoms with van der Waals surface area (Å²) in [4.78, 5) is 11.1. The topological polar surface area (TPSA) is 46.5 Å². The Morgan fingerprint density at radius 1 is 1.00 bits per heavy atom. The van der Waals surface area contributed by atoms with Crippen LogP contribution in [0.4, 0.5) is 0 Å². The minimum Gasteiger partial charge on any atom is -0.463 e. The van der Waals surface area contributed by atoms with Crippen LogP contribution in [0.25, 0.3) is 0 Å². The summed E-state index contributed by atoms with van der Waals surface area (Å²) in [7, 11) is 0. The van der Waals surface area contributed by atoms with E-state index in [1.807, 2.05) is 13.8 Å². The van der Waals surface area contributed by atoms with Crippen LogP contribution in [0.5, 0.6) is 0 Å². The van der Waals surface area contributed by atoms with Crippen molar-refractivity contribution in [2.75, 3.05) is 13.2 Å². The molecule has 0 aromatic carbocycles. The molecule has 0 bridgehead atoms. The first-order valence-corrected chi connectivity index (χ1v) is 6.59. The maximum Gasteiger partial charge on any atom is 0.330 e. The van der Waals surface area contributed by atoms with Gasteiger partial charge >= 0.3 is 5.97 Å². The third-order valence-electron chi connectivity index (χ3n) is 2.45. The first-order chi connectivity index (χ1) is 8.16. The average Bonchev–Trinajstić information content (AvgIpc) is 2.26. The highest BCUT2D eigenvalue weighted by Gasteiger charge is 1.97. The molecule has 0 fully saturated rings. The Morgan fingerprint density at radius 3 is 2.06 bits per heavy atom. The lowest BCUT2D eigenvalue weighted by Crippen LogP contribution is -2.02. The van der Waals surface area contributed by atoms with E-state index in [1.165, 1.54) is 25.3 Å². The van der Waals surface area contributed by atoms with Crippen molar-refractivity contribution in [3.05, 3.63) is 11.6 Å². The molecule has 0 amide bonds. The zero-order valence-electron chi connectivity index (χ0n) is 11.2. The van der Waals surface area contributed by atoms with Crippen LogP contribution in [0, 0.1) is 0 Å². The Balaban J connectivity index is 3.18. The van der Waals surface area contributed by atoms with E-state index in [4.69, 9.17) is 9.84 Å². The number of aliphatic hydroxyl groups is 1. The van der Waals surface area contributed by atoms with Gasteiger partial charge in [-0.2, -0.15) is 0 Å². The number of rotatable bonds is 10. The van der Waals surface area contributed by atoms with Gasteiger partial charge in [-0.1, -0.05) is 37.7 Å². The highest BCUT2D eigenvalue weighted by molar-refractivity contribution is 5.82. The van der Waals surface area contributed by atoms with Crippen molar-refractivity contribution in [2.24, 2.45) is 0 Å². The number of carbonyl (C=O) groups is 1. The molecule has 0 radical (unpaired) electrons. The highest BCUT2D eigenvalue weighted by atomic mass is 16.5. The molecule has 0 heterocycles. The van der Waals surface area contributed by atoms with E-state index in [1.54, 1.807) is 0 Å². The standard InChI is InChI=1S/C14H26O3/c1-13(2)12-14(16)17-11-9-7-5-3-4-6-8-10-15/h12,15H,3-11H2,1-2H3. The fourth-order valence-corrected chi connectivity index (χ4v) is 1.55. The number of hydrogen-bond donors (Lipinski definition) is 1. The predicted molar refractivity (Wildman–Crippen MR) is 69.8 cm³/mol. The van der Waals surface area contributed by atoms with Gasteiger partial charge in [0.15, 0.2) is 0 Å². The minimum atomic E-state index is -0.229. The van der Waals surface area contributed by atoms with Crippen molar-refractivity contribution in [1.82, 2.24) is 0 Å². The normalized spacial score (nSPS) is 10.1. The van der Waals surface area contributed by atoms with Crippen LogP contribution < -0.4 is 0 Å². The molecular weight excluding hydrogens is 216 g/mol. The van der Waals surface area contributed by atoms with Crippen LogP contribution in [-0.4, -0.2) is 24.3 Å². The van der Waals surface area contributed by atoms with E-state index in [-0.39, 0.29) is 5.97 Å². The van der Waals surface area contributed by atoms with Gasteiger partial charge in [-0.3, -0.25) is 0 Å². The van der Waals surface area contributed by atoms with E-state index >= 15 is 0 Å². The monoisotopic (exact) mass is 242 g/mol. The van der Waals surface area contributed by atoms with Crippen LogP contribution in [0.3, 0.4) is 0 Å². The van der Waals surface area contributed by atoms with Gasteiger partial charge in [0.05, 0.1) is 6.61 Å². The van der Waals surface area contributed by atoms with E-state index in [9.17, 15) is 4.79 Å². The molecule has 100 valence electrons. The summed E-state index contributed by atoms with van der Waals surface area (Å²) in [6.45, 7) is 4.60. The second-order valence-corrected chi connectivity index (χ2v) is 4.59. The van der Waals surface area contributed by atoms with Crippen LogP contribution in [-0.2, 0) is 9.53 Å². The van der Waals surface area contributed by atoms with Gasteiger partial charge in [0.25, 0.3) is 0 Å². The molecule has 0 aromatic rings. The third kappa shape index (κ3) is 13.1. The Kier molecular flexibility index (Phi) is 11.1. The average molecular weight is 242 g/mol. The van der Waals surface area contributed by atoms with Crippen molar-refractivity contribution in [3.8, 4) is 0 Å². The molecule has 3 nitrogen and oxygen atoms in total. The van der Waals surface area contributed by atoms with Crippen LogP contribution in [0.15, 0.2) is 11.6 Å². The molecule has 17 heavy (non-hydrogen) atoms. The van der Waals surface area contributed by atoms with E-state index in [0.29, 0.717) is 13.2 Å². The van der Waals surface area contributed by atoms with Gasteiger partial charge < -0.3 is 9.84 Å². The zero-order chi connectivity index (χ0) is 12.9. The van der Waals surface area contributed by atoms with Crippen molar-refractivity contribution in [2.45, 2.75) is 58.8 Å². The number of allylic oxidation sites excluding steroid dienone is 1. The molecule has 0 spiro atoms. The number of aliphatic hydroxyl groups excluding tert-OH is 1. The molecule has 0 rings (SSSR count). The van der Waals surface area contributed by atoms with Gasteiger partial charge in [-0.25, -0.2) is 4.79 Å². The summed E-state index contributed by atoms with van der Waals surface area (Å²) in [6, 6.07) is 0. The van der Waals surface area contributed by atoms with Crippen molar-refractivity contribution in [3.63, 3.8) is 0 Å². The molecule has 0 unspecified atom stereocenters. The summed E-state index contributed by atoms with van der Waals surface area (Å²) >= 11 is 0. The van der Waals surface area contributed by atoms with Gasteiger partial charge in [0, 0.05) is 12.7 Å². The minimum absolute atomic E-state index is 0.229. The maximum atomic E-state index is 11.1. The van der Waals surface area contributed by atoms with Gasteiger partial charge in [0.1, 0.15) is 0 Å². The molecule has 0 atom stereocenters. The summed E-state index contributed by atoms with van der Waals surface area (Å²) in [5.74, 6) is -0.229. The SMILES string of the molecule is CC(C)=CC(=O)OCCCCCCCCCO. The smallest absolute Gasteiger partial charge is 0.330 e. The third-order valence-corrected chi connectivity index (χ3v) is 2.45. The van der Waals surface area contributed by atoms with E-state index in [2.05, 4.69) is 0 Å². The molecule has 1 N–H and O–H groups in total. The highest BCUT2D eigenvalue weighted by Crippen LogP contribution is 2.07. The Morgan fingerprint density at radius 2 is 1.53 bits per heavy atom. The molecule has 0 aromatic heterocycles. The molecule has 0 aliphatic carbocycles. The first kappa shape index (κ1) is 16.2. The van der Waals surface area contributed by atoms with E-state index in [0.717, 1.165) is 31.3 Å². The lowest BCUT2D eigenvalue weighted by Gasteiger charge is -2.03. The molecule has 0 aliphatic heterocycles. The summed E-state index contributed by atoms with van der Waals surface area (Å²) in [5, 5.41) is 8.60. The predicted octanol–water partition coefficient (Wildman–Crippen LogP) is 3.22. The number of carbonyl (C=O) groups excluding carboxylic acids is 1. The van der Waals surface area contributed by atoms with Gasteiger partial charge in [-0.15, -0.1) is 0 Å². The van der Waals surface area contributed by atoms with Crippen molar-refractivity contribution in [1.29, 1.82) is 0 Å². The lowest BCUT2D eigenvalue weighted by atomic mass is 10.1. The largest absolute Gasteiger partial charge is 0.463 e. The Labute approximate surface area is 105 Å². The van der Waals surface area contributed by atoms with Gasteiger partial charge in [-0.05, 0) is 26.7 Å². The van der Waals surface area contributed by atoms with Crippen LogP contribution >= 0.6 is 0 Å². The molecule has 3 heteroatoms. The lowest BCUT2D eigenvalue weighted by molar-refractivity contribution is -0.137. The zero-order valence-corrected chi connectivity index (χ0v) is 11.2. The van der Waals surface area contributed by atoms with Gasteiger partial charge in [0.2, 0.25) is 0 Å². The van der Waals surface area contributed by atoms with E-state index < -0.39 is 0 Å². The number of esters is 1. The first-order valence-electron chi connectivity index (χ1n) is 6.59. The van der Waals surface area contributed by atoms with Crippen LogP contribution in [0.2, 0.25) is 0 Å². The molecule has 0 aliphatic rings. The quantitative estimate of drug-likeness (QED) is 0.363. The number of unbranched alkanes of at least 4 members (excludes halogenated alkanes) is 6. The van der Waals surface area contributed by atoms with Crippen molar-refractivity contribution < 1.29 is 14.6 Å². The number of ether oxygens (including phenoxy) is 1. The molecule has 0 saturated heterocycles. The summed E-state index contributed by atoms with van der Waals surface area (Å²) in [6.07, 6.45) is 9.20. The summed E-state index contributed by atoms with van der Waals surface area (Å²) in [5.41, 5.74) is 0.971. The molecule has 0 saturated carbocycles.